The number of nitrogens with zero attached hydrogens (tertiary/aromatic N) is 1. The van der Waals surface area contributed by atoms with E-state index >= 15 is 0 Å². The lowest BCUT2D eigenvalue weighted by Gasteiger charge is -2.22. The van der Waals surface area contributed by atoms with Crippen molar-refractivity contribution in [2.24, 2.45) is 5.92 Å². The molecule has 1 fully saturated rings. The van der Waals surface area contributed by atoms with Gasteiger partial charge in [-0.15, -0.1) is 0 Å². The molecule has 2 heterocycles. The number of rotatable bonds is 2. The van der Waals surface area contributed by atoms with Crippen LogP contribution in [0.1, 0.15) is 24.0 Å². The first-order valence-electron chi connectivity index (χ1n) is 5.57. The van der Waals surface area contributed by atoms with E-state index in [1.54, 1.807) is 0 Å². The lowest BCUT2D eigenvalue weighted by Crippen LogP contribution is -2.28. The van der Waals surface area contributed by atoms with Gasteiger partial charge < -0.3 is 5.32 Å². The number of nitrogens with one attached hydrogen (secondary N) is 1. The van der Waals surface area contributed by atoms with Crippen LogP contribution < -0.4 is 5.32 Å². The molecule has 1 aliphatic rings. The predicted octanol–water partition coefficient (Wildman–Crippen LogP) is 2.59. The second-order valence-corrected chi connectivity index (χ2v) is 4.71. The molecule has 0 unspecified atom stereocenters. The molecule has 0 aliphatic carbocycles. The highest BCUT2D eigenvalue weighted by molar-refractivity contribution is 6.30. The first-order chi connectivity index (χ1) is 7.25. The molecule has 1 N–H and O–H groups in total. The van der Waals surface area contributed by atoms with Gasteiger partial charge in [0, 0.05) is 6.20 Å². The fourth-order valence-corrected chi connectivity index (χ4v) is 2.25. The zero-order valence-electron chi connectivity index (χ0n) is 9.09. The first kappa shape index (κ1) is 10.9. The van der Waals surface area contributed by atoms with Crippen LogP contribution in [0, 0.1) is 12.8 Å². The van der Waals surface area contributed by atoms with Crippen molar-refractivity contribution in [2.75, 3.05) is 13.1 Å². The zero-order chi connectivity index (χ0) is 10.7. The quantitative estimate of drug-likeness (QED) is 0.782. The van der Waals surface area contributed by atoms with Crippen molar-refractivity contribution < 1.29 is 0 Å². The Labute approximate surface area is 96.1 Å². The molecule has 2 nitrogen and oxygen atoms in total. The average Bonchev–Trinajstić information content (AvgIpc) is 2.25. The Morgan fingerprint density at radius 3 is 2.87 bits per heavy atom. The highest BCUT2D eigenvalue weighted by atomic mass is 35.5. The maximum absolute atomic E-state index is 5.90. The van der Waals surface area contributed by atoms with Gasteiger partial charge in [-0.25, -0.2) is 4.98 Å². The molecule has 0 spiro atoms. The van der Waals surface area contributed by atoms with E-state index in [-0.39, 0.29) is 0 Å². The van der Waals surface area contributed by atoms with Crippen molar-refractivity contribution in [3.63, 3.8) is 0 Å². The van der Waals surface area contributed by atoms with Gasteiger partial charge in [0.05, 0.1) is 0 Å². The highest BCUT2D eigenvalue weighted by Crippen LogP contribution is 2.20. The van der Waals surface area contributed by atoms with E-state index in [2.05, 4.69) is 16.4 Å². The van der Waals surface area contributed by atoms with E-state index in [0.29, 0.717) is 5.15 Å². The standard InChI is InChI=1S/C12H17ClN2/c1-9-6-11(8-15-12(9)13)7-10-2-4-14-5-3-10/h6,8,10,14H,2-5,7H2,1H3. The van der Waals surface area contributed by atoms with E-state index in [4.69, 9.17) is 11.6 Å². The highest BCUT2D eigenvalue weighted by Gasteiger charge is 2.13. The Bertz CT molecular complexity index is 332. The lowest BCUT2D eigenvalue weighted by atomic mass is 9.91. The van der Waals surface area contributed by atoms with Gasteiger partial charge in [0.25, 0.3) is 0 Å². The fraction of sp³-hybridized carbons (Fsp3) is 0.583. The van der Waals surface area contributed by atoms with Crippen LogP contribution in [0.4, 0.5) is 0 Å². The second-order valence-electron chi connectivity index (χ2n) is 4.35. The minimum Gasteiger partial charge on any atom is -0.317 e. The summed E-state index contributed by atoms with van der Waals surface area (Å²) in [6, 6.07) is 2.16. The fourth-order valence-electron chi connectivity index (χ4n) is 2.15. The van der Waals surface area contributed by atoms with Gasteiger partial charge in [-0.2, -0.15) is 0 Å². The topological polar surface area (TPSA) is 24.9 Å². The van der Waals surface area contributed by atoms with Gasteiger partial charge in [0.2, 0.25) is 0 Å². The van der Waals surface area contributed by atoms with Gasteiger partial charge in [0.1, 0.15) is 5.15 Å². The third-order valence-electron chi connectivity index (χ3n) is 3.05. The van der Waals surface area contributed by atoms with Gasteiger partial charge in [-0.3, -0.25) is 0 Å². The van der Waals surface area contributed by atoms with Crippen LogP contribution in [-0.2, 0) is 6.42 Å². The minimum atomic E-state index is 0.629. The molecule has 2 rings (SSSR count). The van der Waals surface area contributed by atoms with E-state index in [0.717, 1.165) is 31.0 Å². The molecule has 0 saturated carbocycles. The molecule has 1 aromatic heterocycles. The molecular weight excluding hydrogens is 208 g/mol. The summed E-state index contributed by atoms with van der Waals surface area (Å²) in [6.07, 6.45) is 5.62. The van der Waals surface area contributed by atoms with Gasteiger partial charge in [0.15, 0.2) is 0 Å². The molecular formula is C12H17ClN2. The van der Waals surface area contributed by atoms with Crippen molar-refractivity contribution in [3.05, 3.63) is 28.5 Å². The van der Waals surface area contributed by atoms with Crippen LogP contribution in [0.3, 0.4) is 0 Å². The number of hydrogen-bond donors (Lipinski definition) is 1. The van der Waals surface area contributed by atoms with Crippen LogP contribution in [-0.4, -0.2) is 18.1 Å². The number of hydrogen-bond acceptors (Lipinski definition) is 2. The summed E-state index contributed by atoms with van der Waals surface area (Å²) in [5, 5.41) is 4.01. The minimum absolute atomic E-state index is 0.629. The molecule has 0 aromatic carbocycles. The molecule has 0 amide bonds. The molecule has 1 aliphatic heterocycles. The summed E-state index contributed by atoms with van der Waals surface area (Å²) in [5.74, 6) is 0.814. The van der Waals surface area contributed by atoms with Crippen molar-refractivity contribution in [3.8, 4) is 0 Å². The lowest BCUT2D eigenvalue weighted by molar-refractivity contribution is 0.372. The van der Waals surface area contributed by atoms with Crippen molar-refractivity contribution in [1.29, 1.82) is 0 Å². The third kappa shape index (κ3) is 2.93. The van der Waals surface area contributed by atoms with E-state index in [9.17, 15) is 0 Å². The smallest absolute Gasteiger partial charge is 0.131 e. The molecule has 15 heavy (non-hydrogen) atoms. The van der Waals surface area contributed by atoms with E-state index in [1.165, 1.54) is 18.4 Å². The number of aryl methyl sites for hydroxylation is 1. The Morgan fingerprint density at radius 2 is 2.20 bits per heavy atom. The zero-order valence-corrected chi connectivity index (χ0v) is 9.85. The number of halogens is 1. The maximum atomic E-state index is 5.90. The van der Waals surface area contributed by atoms with E-state index < -0.39 is 0 Å². The summed E-state index contributed by atoms with van der Waals surface area (Å²) in [4.78, 5) is 4.19. The number of aromatic nitrogens is 1. The monoisotopic (exact) mass is 224 g/mol. The molecule has 82 valence electrons. The maximum Gasteiger partial charge on any atom is 0.131 e. The third-order valence-corrected chi connectivity index (χ3v) is 3.45. The van der Waals surface area contributed by atoms with Crippen LogP contribution in [0.5, 0.6) is 0 Å². The summed E-state index contributed by atoms with van der Waals surface area (Å²) in [6.45, 7) is 4.33. The Morgan fingerprint density at radius 1 is 1.47 bits per heavy atom. The summed E-state index contributed by atoms with van der Waals surface area (Å²) >= 11 is 5.90. The van der Waals surface area contributed by atoms with Crippen LogP contribution in [0.15, 0.2) is 12.3 Å². The Hall–Kier alpha value is -0.600. The molecule has 1 saturated heterocycles. The number of piperidine rings is 1. The predicted molar refractivity (Wildman–Crippen MR) is 63.3 cm³/mol. The van der Waals surface area contributed by atoms with Gasteiger partial charge in [-0.1, -0.05) is 17.7 Å². The van der Waals surface area contributed by atoms with Crippen LogP contribution in [0.2, 0.25) is 5.15 Å². The largest absolute Gasteiger partial charge is 0.317 e. The Balaban J connectivity index is 2.00. The molecule has 3 heteroatoms. The van der Waals surface area contributed by atoms with E-state index in [1.807, 2.05) is 13.1 Å². The average molecular weight is 225 g/mol. The molecule has 1 aromatic rings. The normalized spacial score (nSPS) is 18.0. The van der Waals surface area contributed by atoms with Crippen LogP contribution >= 0.6 is 11.6 Å². The number of pyridine rings is 1. The molecule has 0 bridgehead atoms. The summed E-state index contributed by atoms with van der Waals surface area (Å²) in [5.41, 5.74) is 2.41. The Kier molecular flexibility index (Phi) is 3.60. The van der Waals surface area contributed by atoms with Gasteiger partial charge >= 0.3 is 0 Å². The summed E-state index contributed by atoms with van der Waals surface area (Å²) in [7, 11) is 0. The van der Waals surface area contributed by atoms with Crippen molar-refractivity contribution >= 4 is 11.6 Å². The summed E-state index contributed by atoms with van der Waals surface area (Å²) < 4.78 is 0. The van der Waals surface area contributed by atoms with Crippen molar-refractivity contribution in [1.82, 2.24) is 10.3 Å². The van der Waals surface area contributed by atoms with Gasteiger partial charge in [-0.05, 0) is 56.3 Å². The molecule has 0 radical (unpaired) electrons. The van der Waals surface area contributed by atoms with Crippen molar-refractivity contribution in [2.45, 2.75) is 26.2 Å². The molecule has 0 atom stereocenters. The first-order valence-corrected chi connectivity index (χ1v) is 5.95. The SMILES string of the molecule is Cc1cc(CC2CCNCC2)cnc1Cl. The second kappa shape index (κ2) is 4.95. The van der Waals surface area contributed by atoms with Crippen LogP contribution in [0.25, 0.3) is 0 Å².